The Morgan fingerprint density at radius 1 is 1.07 bits per heavy atom. The fourth-order valence-corrected chi connectivity index (χ4v) is 6.07. The van der Waals surface area contributed by atoms with Gasteiger partial charge in [0.05, 0.1) is 43.3 Å². The number of alkyl halides is 2. The first-order valence-electron chi connectivity index (χ1n) is 14.3. The summed E-state index contributed by atoms with van der Waals surface area (Å²) < 4.78 is 65.7. The van der Waals surface area contributed by atoms with Crippen molar-refractivity contribution < 1.29 is 26.7 Å². The number of anilines is 2. The highest BCUT2D eigenvalue weighted by molar-refractivity contribution is 7.90. The fourth-order valence-electron chi connectivity index (χ4n) is 5.40. The Bertz CT molecular complexity index is 1690. The fraction of sp³-hybridized carbons (Fsp3) is 0.433. The van der Waals surface area contributed by atoms with Crippen LogP contribution in [0.25, 0.3) is 22.3 Å². The van der Waals surface area contributed by atoms with E-state index in [1.165, 1.54) is 0 Å². The lowest BCUT2D eigenvalue weighted by molar-refractivity contribution is 0.112. The lowest BCUT2D eigenvalue weighted by Gasteiger charge is -2.29. The molecule has 0 amide bonds. The zero-order valence-corrected chi connectivity index (χ0v) is 26.0. The highest BCUT2D eigenvalue weighted by Crippen LogP contribution is 2.34. The van der Waals surface area contributed by atoms with Gasteiger partial charge in [-0.2, -0.15) is 13.9 Å². The second-order valence-electron chi connectivity index (χ2n) is 10.9. The van der Waals surface area contributed by atoms with E-state index in [2.05, 4.69) is 24.6 Å². The number of likely N-dealkylation sites (tertiary alicyclic amines) is 1. The smallest absolute Gasteiger partial charge is 0.356 e. The van der Waals surface area contributed by atoms with Crippen molar-refractivity contribution in [2.24, 2.45) is 7.05 Å². The van der Waals surface area contributed by atoms with Crippen molar-refractivity contribution >= 4 is 32.4 Å². The van der Waals surface area contributed by atoms with Gasteiger partial charge in [0.25, 0.3) is 10.0 Å². The second kappa shape index (κ2) is 13.0. The summed E-state index contributed by atoms with van der Waals surface area (Å²) in [5, 5.41) is 0.407. The summed E-state index contributed by atoms with van der Waals surface area (Å²) in [5.41, 5.74) is 4.81. The third-order valence-electron chi connectivity index (χ3n) is 7.79. The van der Waals surface area contributed by atoms with E-state index in [1.807, 2.05) is 49.6 Å². The molecule has 0 spiro atoms. The molecule has 2 aromatic carbocycles. The van der Waals surface area contributed by atoms with Crippen LogP contribution in [0.15, 0.2) is 55.0 Å². The normalized spacial score (nSPS) is 16.0. The van der Waals surface area contributed by atoms with Crippen LogP contribution in [-0.4, -0.2) is 84.8 Å². The SMILES string of the molecule is COc1cc(OC)cc(N(CCCN2CCC[C@H]2CNS(=O)(=O)C(C)(F)F)c2ccc3ncc(-c4cnn(C)c4)nc3c2)c1. The molecule has 4 aromatic rings. The molecule has 11 nitrogen and oxygen atoms in total. The van der Waals surface area contributed by atoms with Crippen LogP contribution < -0.4 is 19.1 Å². The molecule has 14 heteroatoms. The summed E-state index contributed by atoms with van der Waals surface area (Å²) in [5.74, 6) is 1.28. The largest absolute Gasteiger partial charge is 0.497 e. The van der Waals surface area contributed by atoms with Gasteiger partial charge in [0.15, 0.2) is 0 Å². The van der Waals surface area contributed by atoms with Crippen molar-refractivity contribution in [3.05, 3.63) is 55.0 Å². The van der Waals surface area contributed by atoms with Gasteiger partial charge in [-0.1, -0.05) is 0 Å². The molecule has 0 saturated carbocycles. The third-order valence-corrected chi connectivity index (χ3v) is 9.28. The van der Waals surface area contributed by atoms with Crippen molar-refractivity contribution in [2.75, 3.05) is 45.3 Å². The van der Waals surface area contributed by atoms with E-state index in [0.717, 1.165) is 47.4 Å². The Kier molecular flexibility index (Phi) is 9.32. The van der Waals surface area contributed by atoms with Gasteiger partial charge in [0.2, 0.25) is 0 Å². The molecule has 0 unspecified atom stereocenters. The van der Waals surface area contributed by atoms with Crippen LogP contribution in [0.1, 0.15) is 26.2 Å². The van der Waals surface area contributed by atoms with Crippen LogP contribution in [0.3, 0.4) is 0 Å². The molecule has 0 bridgehead atoms. The number of nitrogens with zero attached hydrogens (tertiary/aromatic N) is 6. The number of nitrogens with one attached hydrogen (secondary N) is 1. The van der Waals surface area contributed by atoms with Crippen LogP contribution >= 0.6 is 0 Å². The van der Waals surface area contributed by atoms with Gasteiger partial charge in [-0.15, -0.1) is 0 Å². The summed E-state index contributed by atoms with van der Waals surface area (Å²) in [7, 11) is 0.330. The van der Waals surface area contributed by atoms with E-state index in [1.54, 1.807) is 31.3 Å². The Morgan fingerprint density at radius 2 is 1.82 bits per heavy atom. The molecule has 1 aliphatic heterocycles. The summed E-state index contributed by atoms with van der Waals surface area (Å²) >= 11 is 0. The maximum Gasteiger partial charge on any atom is 0.356 e. The molecular formula is C30H37F2N7O4S. The number of aromatic nitrogens is 4. The lowest BCUT2D eigenvalue weighted by atomic mass is 10.1. The summed E-state index contributed by atoms with van der Waals surface area (Å²) in [6, 6.07) is 11.4. The molecule has 44 heavy (non-hydrogen) atoms. The molecule has 1 aliphatic rings. The molecule has 1 atom stereocenters. The maximum absolute atomic E-state index is 13.5. The number of halogens is 2. The van der Waals surface area contributed by atoms with Crippen LogP contribution in [0.4, 0.5) is 20.2 Å². The predicted molar refractivity (Wildman–Crippen MR) is 165 cm³/mol. The zero-order valence-electron chi connectivity index (χ0n) is 25.2. The average molecular weight is 630 g/mol. The van der Waals surface area contributed by atoms with Crippen molar-refractivity contribution in [1.82, 2.24) is 29.4 Å². The summed E-state index contributed by atoms with van der Waals surface area (Å²) in [4.78, 5) is 13.8. The molecule has 2 aromatic heterocycles. The van der Waals surface area contributed by atoms with E-state index >= 15 is 0 Å². The van der Waals surface area contributed by atoms with Crippen LogP contribution in [0.2, 0.25) is 0 Å². The van der Waals surface area contributed by atoms with E-state index in [9.17, 15) is 17.2 Å². The minimum atomic E-state index is -4.72. The van der Waals surface area contributed by atoms with Crippen molar-refractivity contribution in [3.63, 3.8) is 0 Å². The number of hydrogen-bond acceptors (Lipinski definition) is 9. The molecule has 1 fully saturated rings. The maximum atomic E-state index is 13.5. The van der Waals surface area contributed by atoms with Crippen LogP contribution in [-0.2, 0) is 17.1 Å². The molecular weight excluding hydrogens is 592 g/mol. The monoisotopic (exact) mass is 629 g/mol. The van der Waals surface area contributed by atoms with Gasteiger partial charge in [0, 0.05) is 81.0 Å². The number of fused-ring (bicyclic) bond motifs is 1. The summed E-state index contributed by atoms with van der Waals surface area (Å²) in [6.45, 7) is 2.36. The minimum Gasteiger partial charge on any atom is -0.497 e. The third kappa shape index (κ3) is 7.08. The predicted octanol–water partition coefficient (Wildman–Crippen LogP) is 4.57. The first-order valence-corrected chi connectivity index (χ1v) is 15.8. The Labute approximate surface area is 255 Å². The topological polar surface area (TPSA) is 115 Å². The zero-order chi connectivity index (χ0) is 31.5. The minimum absolute atomic E-state index is 0.0504. The highest BCUT2D eigenvalue weighted by atomic mass is 32.2. The number of ether oxygens (including phenoxy) is 2. The summed E-state index contributed by atoms with van der Waals surface area (Å²) in [6.07, 6.45) is 7.69. The van der Waals surface area contributed by atoms with Crippen molar-refractivity contribution in [2.45, 2.75) is 37.5 Å². The first-order chi connectivity index (χ1) is 21.0. The van der Waals surface area contributed by atoms with Gasteiger partial charge in [-0.25, -0.2) is 18.1 Å². The first kappa shape index (κ1) is 31.5. The number of aryl methyl sites for hydroxylation is 1. The number of methoxy groups -OCH3 is 2. The van der Waals surface area contributed by atoms with Crippen molar-refractivity contribution in [1.29, 1.82) is 0 Å². The Hall–Kier alpha value is -3.88. The quantitative estimate of drug-likeness (QED) is 0.227. The number of sulfonamides is 1. The molecule has 0 aliphatic carbocycles. The number of hydrogen-bond donors (Lipinski definition) is 1. The second-order valence-corrected chi connectivity index (χ2v) is 12.9. The Morgan fingerprint density at radius 3 is 2.48 bits per heavy atom. The highest BCUT2D eigenvalue weighted by Gasteiger charge is 2.40. The molecule has 1 saturated heterocycles. The molecule has 3 heterocycles. The van der Waals surface area contributed by atoms with Crippen LogP contribution in [0, 0.1) is 0 Å². The van der Waals surface area contributed by atoms with Gasteiger partial charge in [-0.05, 0) is 44.0 Å². The number of rotatable bonds is 13. The van der Waals surface area contributed by atoms with Crippen LogP contribution in [0.5, 0.6) is 11.5 Å². The van der Waals surface area contributed by atoms with E-state index in [0.29, 0.717) is 43.6 Å². The molecule has 5 rings (SSSR count). The lowest BCUT2D eigenvalue weighted by Crippen LogP contribution is -2.45. The van der Waals surface area contributed by atoms with Crippen molar-refractivity contribution in [3.8, 4) is 22.8 Å². The van der Waals surface area contributed by atoms with Gasteiger partial charge >= 0.3 is 5.25 Å². The number of benzene rings is 2. The van der Waals surface area contributed by atoms with E-state index in [-0.39, 0.29) is 12.6 Å². The molecule has 0 radical (unpaired) electrons. The van der Waals surface area contributed by atoms with E-state index in [4.69, 9.17) is 14.5 Å². The van der Waals surface area contributed by atoms with E-state index < -0.39 is 15.3 Å². The average Bonchev–Trinajstić information content (AvgIpc) is 3.65. The standard InChI is InChI=1S/C30H37F2N7O4S/c1-30(31,32)44(40,41)35-18-23-7-5-10-38(23)11-6-12-39(24-13-25(42-3)16-26(14-24)43-4)22-8-9-27-28(15-22)36-29(19-33-27)21-17-34-37(2)20-21/h8-9,13-17,19-20,23,35H,5-7,10-12,18H2,1-4H3/t23-/m0/s1. The molecule has 236 valence electrons. The van der Waals surface area contributed by atoms with Gasteiger partial charge in [0.1, 0.15) is 11.5 Å². The molecule has 1 N–H and O–H groups in total. The Balaban J connectivity index is 1.39. The van der Waals surface area contributed by atoms with Gasteiger partial charge in [-0.3, -0.25) is 14.6 Å². The van der Waals surface area contributed by atoms with Gasteiger partial charge < -0.3 is 14.4 Å².